The molecule has 0 heterocycles. The van der Waals surface area contributed by atoms with E-state index in [0.29, 0.717) is 12.8 Å². The second kappa shape index (κ2) is 21.4. The normalized spacial score (nSPS) is 14.3. The van der Waals surface area contributed by atoms with Crippen molar-refractivity contribution in [2.75, 3.05) is 40.5 Å². The third-order valence-electron chi connectivity index (χ3n) is 6.01. The Bertz CT molecular complexity index is 474. The Balaban J connectivity index is 3.31. The summed E-state index contributed by atoms with van der Waals surface area (Å²) in [5.74, 6) is 0. The topological polar surface area (TPSA) is 46.5 Å². The second-order valence-corrected chi connectivity index (χ2v) is 12.5. The zero-order valence-electron chi connectivity index (χ0n) is 22.2. The first-order chi connectivity index (χ1) is 15.3. The molecule has 0 saturated heterocycles. The molecule has 0 radical (unpaired) electrons. The lowest BCUT2D eigenvalue weighted by Gasteiger charge is -2.24. The van der Waals surface area contributed by atoms with Crippen LogP contribution in [-0.2, 0) is 9.09 Å². The summed E-state index contributed by atoms with van der Waals surface area (Å²) in [6.07, 6.45) is 28.3. The molecule has 0 saturated carbocycles. The molecule has 0 amide bonds. The monoisotopic (exact) mass is 474 g/mol. The van der Waals surface area contributed by atoms with Crippen LogP contribution in [0.25, 0.3) is 0 Å². The van der Waals surface area contributed by atoms with E-state index in [0.717, 1.165) is 23.9 Å². The SMILES string of the molecule is CCCCCCCC/C=C\CCCCCCCCCCCCP(=O)(O)OCC[N+](C)(C)C. The summed E-state index contributed by atoms with van der Waals surface area (Å²) in [6.45, 7) is 3.38. The molecule has 0 aromatic heterocycles. The van der Waals surface area contributed by atoms with Crippen molar-refractivity contribution in [1.82, 2.24) is 0 Å². The minimum Gasteiger partial charge on any atom is -0.329 e. The largest absolute Gasteiger partial charge is 0.329 e. The number of likely N-dealkylation sites (N-methyl/N-ethyl adjacent to an activating group) is 1. The zero-order chi connectivity index (χ0) is 24.0. The molecule has 0 aromatic rings. The molecule has 0 spiro atoms. The lowest BCUT2D eigenvalue weighted by Crippen LogP contribution is -2.37. The lowest BCUT2D eigenvalue weighted by atomic mass is 10.1. The van der Waals surface area contributed by atoms with Crippen molar-refractivity contribution in [3.8, 4) is 0 Å². The number of allylic oxidation sites excluding steroid dienone is 2. The van der Waals surface area contributed by atoms with Gasteiger partial charge in [-0.2, -0.15) is 0 Å². The average Bonchev–Trinajstić information content (AvgIpc) is 2.71. The maximum absolute atomic E-state index is 12.0. The van der Waals surface area contributed by atoms with Gasteiger partial charge in [0.05, 0.1) is 21.1 Å². The molecule has 0 aliphatic rings. The smallest absolute Gasteiger partial charge is 0.328 e. The molecule has 0 aromatic carbocycles. The summed E-state index contributed by atoms with van der Waals surface area (Å²) in [5, 5.41) is 0. The maximum atomic E-state index is 12.0. The standard InChI is InChI=1S/C27H56NO3P/c1-5-6-7-8-9-10-11-12-13-14-15-16-17-18-19-20-21-22-23-24-27-32(29,30)31-26-25-28(2,3)4/h12-13H,5-11,14-27H2,1-4H3/p+1/b13-12-. The van der Waals surface area contributed by atoms with Gasteiger partial charge in [-0.25, -0.2) is 0 Å². The molecule has 32 heavy (non-hydrogen) atoms. The molecule has 0 aliphatic carbocycles. The summed E-state index contributed by atoms with van der Waals surface area (Å²) < 4.78 is 18.0. The number of quaternary nitrogens is 1. The van der Waals surface area contributed by atoms with Gasteiger partial charge < -0.3 is 13.9 Å². The quantitative estimate of drug-likeness (QED) is 0.0660. The van der Waals surface area contributed by atoms with Crippen LogP contribution in [-0.4, -0.2) is 49.8 Å². The highest BCUT2D eigenvalue weighted by Gasteiger charge is 2.20. The van der Waals surface area contributed by atoms with Crippen LogP contribution in [0.1, 0.15) is 122 Å². The first-order valence-electron chi connectivity index (χ1n) is 13.7. The van der Waals surface area contributed by atoms with Gasteiger partial charge in [-0.3, -0.25) is 4.57 Å². The van der Waals surface area contributed by atoms with Gasteiger partial charge in [0.15, 0.2) is 0 Å². The number of hydrogen-bond donors (Lipinski definition) is 1. The highest BCUT2D eigenvalue weighted by atomic mass is 31.2. The van der Waals surface area contributed by atoms with Gasteiger partial charge in [0.2, 0.25) is 0 Å². The van der Waals surface area contributed by atoms with E-state index < -0.39 is 7.60 Å². The minimum atomic E-state index is -3.39. The van der Waals surface area contributed by atoms with Gasteiger partial charge in [0, 0.05) is 6.16 Å². The van der Waals surface area contributed by atoms with E-state index in [1.165, 1.54) is 103 Å². The average molecular weight is 475 g/mol. The van der Waals surface area contributed by atoms with Crippen LogP contribution in [0.3, 0.4) is 0 Å². The van der Waals surface area contributed by atoms with Crippen molar-refractivity contribution < 1.29 is 18.5 Å². The maximum Gasteiger partial charge on any atom is 0.328 e. The van der Waals surface area contributed by atoms with E-state index in [9.17, 15) is 9.46 Å². The number of nitrogens with zero attached hydrogens (tertiary/aromatic N) is 1. The number of rotatable bonds is 24. The molecule has 0 rings (SSSR count). The van der Waals surface area contributed by atoms with E-state index in [1.54, 1.807) is 0 Å². The molecule has 0 fully saturated rings. The van der Waals surface area contributed by atoms with Crippen LogP contribution in [0.15, 0.2) is 12.2 Å². The van der Waals surface area contributed by atoms with E-state index in [1.807, 2.05) is 0 Å². The van der Waals surface area contributed by atoms with E-state index >= 15 is 0 Å². The van der Waals surface area contributed by atoms with E-state index in [4.69, 9.17) is 4.52 Å². The molecule has 0 bridgehead atoms. The fraction of sp³-hybridized carbons (Fsp3) is 0.926. The van der Waals surface area contributed by atoms with Crippen LogP contribution in [0.2, 0.25) is 0 Å². The minimum absolute atomic E-state index is 0.303. The Kier molecular flexibility index (Phi) is 21.3. The van der Waals surface area contributed by atoms with Crippen molar-refractivity contribution in [2.45, 2.75) is 122 Å². The molecule has 5 heteroatoms. The van der Waals surface area contributed by atoms with Crippen molar-refractivity contribution in [1.29, 1.82) is 0 Å². The molecule has 1 unspecified atom stereocenters. The molecular formula is C27H57NO3P+. The van der Waals surface area contributed by atoms with Crippen LogP contribution >= 0.6 is 7.60 Å². The summed E-state index contributed by atoms with van der Waals surface area (Å²) >= 11 is 0. The van der Waals surface area contributed by atoms with Crippen LogP contribution in [0.5, 0.6) is 0 Å². The second-order valence-electron chi connectivity index (χ2n) is 10.6. The van der Waals surface area contributed by atoms with Crippen LogP contribution in [0.4, 0.5) is 0 Å². The van der Waals surface area contributed by atoms with Gasteiger partial charge in [-0.15, -0.1) is 0 Å². The highest BCUT2D eigenvalue weighted by Crippen LogP contribution is 2.42. The first kappa shape index (κ1) is 31.9. The van der Waals surface area contributed by atoms with Crippen molar-refractivity contribution >= 4 is 7.60 Å². The molecule has 0 aliphatic heterocycles. The first-order valence-corrected chi connectivity index (χ1v) is 15.4. The molecule has 1 atom stereocenters. The fourth-order valence-electron chi connectivity index (χ4n) is 3.79. The Morgan fingerprint density at radius 3 is 1.53 bits per heavy atom. The van der Waals surface area contributed by atoms with Crippen LogP contribution < -0.4 is 0 Å². The summed E-state index contributed by atoms with van der Waals surface area (Å²) in [6, 6.07) is 0. The summed E-state index contributed by atoms with van der Waals surface area (Å²) in [7, 11) is 2.78. The zero-order valence-corrected chi connectivity index (χ0v) is 23.1. The molecule has 1 N–H and O–H groups in total. The third kappa shape index (κ3) is 26.1. The van der Waals surface area contributed by atoms with Crippen molar-refractivity contribution in [2.24, 2.45) is 0 Å². The van der Waals surface area contributed by atoms with Gasteiger partial charge in [0.1, 0.15) is 13.2 Å². The van der Waals surface area contributed by atoms with Gasteiger partial charge in [0.25, 0.3) is 0 Å². The van der Waals surface area contributed by atoms with Crippen LogP contribution in [0, 0.1) is 0 Å². The molecule has 192 valence electrons. The summed E-state index contributed by atoms with van der Waals surface area (Å²) in [5.41, 5.74) is 0. The Morgan fingerprint density at radius 2 is 1.09 bits per heavy atom. The highest BCUT2D eigenvalue weighted by molar-refractivity contribution is 7.52. The Morgan fingerprint density at radius 1 is 0.688 bits per heavy atom. The Labute approximate surface area is 201 Å². The number of hydrogen-bond acceptors (Lipinski definition) is 2. The van der Waals surface area contributed by atoms with Crippen molar-refractivity contribution in [3.05, 3.63) is 12.2 Å². The van der Waals surface area contributed by atoms with E-state index in [-0.39, 0.29) is 0 Å². The molecular weight excluding hydrogens is 417 g/mol. The fourth-order valence-corrected chi connectivity index (χ4v) is 4.91. The third-order valence-corrected chi connectivity index (χ3v) is 7.48. The molecule has 4 nitrogen and oxygen atoms in total. The predicted molar refractivity (Wildman–Crippen MR) is 141 cm³/mol. The number of unbranched alkanes of at least 4 members (excludes halogenated alkanes) is 16. The van der Waals surface area contributed by atoms with E-state index in [2.05, 4.69) is 40.2 Å². The predicted octanol–water partition coefficient (Wildman–Crippen LogP) is 8.49. The summed E-state index contributed by atoms with van der Waals surface area (Å²) in [4.78, 5) is 9.88. The Hall–Kier alpha value is -0.150. The lowest BCUT2D eigenvalue weighted by molar-refractivity contribution is -0.870. The van der Waals surface area contributed by atoms with Gasteiger partial charge in [-0.05, 0) is 32.1 Å². The van der Waals surface area contributed by atoms with Gasteiger partial charge in [-0.1, -0.05) is 103 Å². The van der Waals surface area contributed by atoms with Crippen molar-refractivity contribution in [3.63, 3.8) is 0 Å². The van der Waals surface area contributed by atoms with Gasteiger partial charge >= 0.3 is 7.60 Å².